The van der Waals surface area contributed by atoms with Gasteiger partial charge in [-0.15, -0.1) is 0 Å². The summed E-state index contributed by atoms with van der Waals surface area (Å²) >= 11 is 0. The van der Waals surface area contributed by atoms with Gasteiger partial charge in [-0.05, 0) is 38.0 Å². The maximum Gasteiger partial charge on any atom is 0.170 e. The number of methoxy groups -OCH3 is 1. The fourth-order valence-corrected chi connectivity index (χ4v) is 2.44. The van der Waals surface area contributed by atoms with Crippen LogP contribution in [0.1, 0.15) is 30.9 Å². The van der Waals surface area contributed by atoms with Gasteiger partial charge in [0.1, 0.15) is 5.75 Å². The fourth-order valence-electron chi connectivity index (χ4n) is 2.44. The van der Waals surface area contributed by atoms with Gasteiger partial charge in [0.15, 0.2) is 5.84 Å². The van der Waals surface area contributed by atoms with Crippen LogP contribution in [-0.2, 0) is 11.3 Å². The SMILES string of the molecule is COc1ccc(/C(N)=N/O)cc1CNC1(C)CCOCC1. The number of ether oxygens (including phenoxy) is 2. The van der Waals surface area contributed by atoms with Crippen LogP contribution in [0, 0.1) is 0 Å². The van der Waals surface area contributed by atoms with Crippen LogP contribution in [0.15, 0.2) is 23.4 Å². The molecular formula is C15H23N3O3. The summed E-state index contributed by atoms with van der Waals surface area (Å²) in [4.78, 5) is 0. The lowest BCUT2D eigenvalue weighted by Crippen LogP contribution is -2.46. The molecule has 1 aliphatic heterocycles. The first-order valence-electron chi connectivity index (χ1n) is 7.05. The highest BCUT2D eigenvalue weighted by Gasteiger charge is 2.26. The Morgan fingerprint density at radius 3 is 2.81 bits per heavy atom. The number of hydrogen-bond acceptors (Lipinski definition) is 5. The number of nitrogens with two attached hydrogens (primary N) is 1. The van der Waals surface area contributed by atoms with E-state index in [4.69, 9.17) is 20.4 Å². The van der Waals surface area contributed by atoms with Gasteiger partial charge in [0.05, 0.1) is 7.11 Å². The van der Waals surface area contributed by atoms with Crippen LogP contribution in [0.4, 0.5) is 0 Å². The van der Waals surface area contributed by atoms with Crippen LogP contribution in [-0.4, -0.2) is 36.9 Å². The predicted molar refractivity (Wildman–Crippen MR) is 80.8 cm³/mol. The van der Waals surface area contributed by atoms with Crippen LogP contribution in [0.5, 0.6) is 5.75 Å². The Morgan fingerprint density at radius 1 is 1.48 bits per heavy atom. The molecule has 0 unspecified atom stereocenters. The van der Waals surface area contributed by atoms with E-state index in [0.717, 1.165) is 37.4 Å². The highest BCUT2D eigenvalue weighted by Crippen LogP contribution is 2.24. The lowest BCUT2D eigenvalue weighted by Gasteiger charge is -2.35. The van der Waals surface area contributed by atoms with Crippen molar-refractivity contribution in [3.8, 4) is 5.75 Å². The summed E-state index contributed by atoms with van der Waals surface area (Å²) in [6.45, 7) is 4.43. The molecule has 1 aromatic rings. The van der Waals surface area contributed by atoms with E-state index in [2.05, 4.69) is 17.4 Å². The zero-order valence-electron chi connectivity index (χ0n) is 12.6. The maximum atomic E-state index is 8.78. The molecule has 0 radical (unpaired) electrons. The third-order valence-corrected chi connectivity index (χ3v) is 3.99. The first kappa shape index (κ1) is 15.6. The van der Waals surface area contributed by atoms with Gasteiger partial charge in [-0.1, -0.05) is 5.16 Å². The molecule has 6 nitrogen and oxygen atoms in total. The molecule has 2 rings (SSSR count). The van der Waals surface area contributed by atoms with E-state index in [0.29, 0.717) is 12.1 Å². The molecule has 1 heterocycles. The van der Waals surface area contributed by atoms with Crippen molar-refractivity contribution in [3.05, 3.63) is 29.3 Å². The molecule has 1 saturated heterocycles. The average Bonchev–Trinajstić information content (AvgIpc) is 2.52. The Labute approximate surface area is 124 Å². The summed E-state index contributed by atoms with van der Waals surface area (Å²) in [6.07, 6.45) is 1.96. The van der Waals surface area contributed by atoms with Gasteiger partial charge in [0, 0.05) is 36.4 Å². The zero-order chi connectivity index (χ0) is 15.3. The molecule has 0 amide bonds. The van der Waals surface area contributed by atoms with Crippen molar-refractivity contribution in [2.24, 2.45) is 10.9 Å². The normalized spacial score (nSPS) is 18.5. The summed E-state index contributed by atoms with van der Waals surface area (Å²) in [7, 11) is 1.64. The number of amidine groups is 1. The second-order valence-electron chi connectivity index (χ2n) is 5.54. The number of benzene rings is 1. The maximum absolute atomic E-state index is 8.78. The summed E-state index contributed by atoms with van der Waals surface area (Å²) < 4.78 is 10.8. The van der Waals surface area contributed by atoms with Crippen molar-refractivity contribution >= 4 is 5.84 Å². The third kappa shape index (κ3) is 3.86. The lowest BCUT2D eigenvalue weighted by atomic mass is 9.92. The largest absolute Gasteiger partial charge is 0.496 e. The molecular weight excluding hydrogens is 270 g/mol. The van der Waals surface area contributed by atoms with Gasteiger partial charge in [0.25, 0.3) is 0 Å². The number of nitrogens with one attached hydrogen (secondary N) is 1. The standard InChI is InChI=1S/C15H23N3O3/c1-15(5-7-21-8-6-15)17-10-12-9-11(14(16)18-19)3-4-13(12)20-2/h3-4,9,17,19H,5-8,10H2,1-2H3,(H2,16,18). The molecule has 0 aromatic heterocycles. The van der Waals surface area contributed by atoms with Gasteiger partial charge in [0.2, 0.25) is 0 Å². The van der Waals surface area contributed by atoms with E-state index in [1.54, 1.807) is 13.2 Å². The third-order valence-electron chi connectivity index (χ3n) is 3.99. The second-order valence-corrected chi connectivity index (χ2v) is 5.54. The van der Waals surface area contributed by atoms with E-state index < -0.39 is 0 Å². The molecule has 6 heteroatoms. The van der Waals surface area contributed by atoms with Crippen molar-refractivity contribution in [1.82, 2.24) is 5.32 Å². The van der Waals surface area contributed by atoms with E-state index in [9.17, 15) is 0 Å². The minimum Gasteiger partial charge on any atom is -0.496 e. The molecule has 0 spiro atoms. The Kier molecular flexibility index (Phi) is 5.03. The first-order valence-corrected chi connectivity index (χ1v) is 7.05. The Bertz CT molecular complexity index is 511. The number of rotatable bonds is 5. The highest BCUT2D eigenvalue weighted by atomic mass is 16.5. The van der Waals surface area contributed by atoms with E-state index >= 15 is 0 Å². The van der Waals surface area contributed by atoms with Crippen LogP contribution in [0.25, 0.3) is 0 Å². The van der Waals surface area contributed by atoms with Crippen molar-refractivity contribution < 1.29 is 14.7 Å². The van der Waals surface area contributed by atoms with Crippen LogP contribution in [0.2, 0.25) is 0 Å². The number of nitrogens with zero attached hydrogens (tertiary/aromatic N) is 1. The van der Waals surface area contributed by atoms with Gasteiger partial charge >= 0.3 is 0 Å². The summed E-state index contributed by atoms with van der Waals surface area (Å²) in [5.41, 5.74) is 7.36. The summed E-state index contributed by atoms with van der Waals surface area (Å²) in [5, 5.41) is 15.4. The van der Waals surface area contributed by atoms with Crippen molar-refractivity contribution in [2.75, 3.05) is 20.3 Å². The van der Waals surface area contributed by atoms with Gasteiger partial charge < -0.3 is 25.7 Å². The molecule has 0 saturated carbocycles. The zero-order valence-corrected chi connectivity index (χ0v) is 12.6. The topological polar surface area (TPSA) is 89.1 Å². The monoisotopic (exact) mass is 293 g/mol. The second kappa shape index (κ2) is 6.78. The molecule has 1 aromatic carbocycles. The smallest absolute Gasteiger partial charge is 0.170 e. The van der Waals surface area contributed by atoms with Gasteiger partial charge in [-0.3, -0.25) is 0 Å². The van der Waals surface area contributed by atoms with E-state index in [-0.39, 0.29) is 11.4 Å². The average molecular weight is 293 g/mol. The highest BCUT2D eigenvalue weighted by molar-refractivity contribution is 5.97. The van der Waals surface area contributed by atoms with Gasteiger partial charge in [-0.25, -0.2) is 0 Å². The van der Waals surface area contributed by atoms with E-state index in [1.165, 1.54) is 0 Å². The predicted octanol–water partition coefficient (Wildman–Crippen LogP) is 1.45. The molecule has 0 bridgehead atoms. The lowest BCUT2D eigenvalue weighted by molar-refractivity contribution is 0.0445. The van der Waals surface area contributed by atoms with Crippen LogP contribution >= 0.6 is 0 Å². The molecule has 1 fully saturated rings. The number of oxime groups is 1. The van der Waals surface area contributed by atoms with Crippen molar-refractivity contribution in [2.45, 2.75) is 31.8 Å². The first-order chi connectivity index (χ1) is 10.1. The quantitative estimate of drug-likeness (QED) is 0.331. The van der Waals surface area contributed by atoms with Crippen LogP contribution < -0.4 is 15.8 Å². The summed E-state index contributed by atoms with van der Waals surface area (Å²) in [5.74, 6) is 0.879. The molecule has 21 heavy (non-hydrogen) atoms. The van der Waals surface area contributed by atoms with E-state index in [1.807, 2.05) is 12.1 Å². The minimum atomic E-state index is 0.0654. The molecule has 0 atom stereocenters. The minimum absolute atomic E-state index is 0.0654. The Morgan fingerprint density at radius 2 is 2.19 bits per heavy atom. The van der Waals surface area contributed by atoms with Gasteiger partial charge in [-0.2, -0.15) is 0 Å². The number of hydrogen-bond donors (Lipinski definition) is 3. The molecule has 1 aliphatic rings. The Hall–Kier alpha value is -1.79. The Balaban J connectivity index is 2.13. The summed E-state index contributed by atoms with van der Waals surface area (Å²) in [6, 6.07) is 5.48. The fraction of sp³-hybridized carbons (Fsp3) is 0.533. The van der Waals surface area contributed by atoms with Crippen LogP contribution in [0.3, 0.4) is 0 Å². The van der Waals surface area contributed by atoms with Crippen molar-refractivity contribution in [3.63, 3.8) is 0 Å². The van der Waals surface area contributed by atoms with Crippen molar-refractivity contribution in [1.29, 1.82) is 0 Å². The molecule has 116 valence electrons. The molecule has 0 aliphatic carbocycles. The molecule has 4 N–H and O–H groups in total.